The molecule has 30 heavy (non-hydrogen) atoms. The summed E-state index contributed by atoms with van der Waals surface area (Å²) in [5, 5.41) is 20.9. The van der Waals surface area contributed by atoms with E-state index in [0.29, 0.717) is 35.9 Å². The van der Waals surface area contributed by atoms with Gasteiger partial charge in [-0.2, -0.15) is 0 Å². The lowest BCUT2D eigenvalue weighted by Crippen LogP contribution is -2.40. The van der Waals surface area contributed by atoms with Crippen molar-refractivity contribution >= 4 is 12.6 Å². The third kappa shape index (κ3) is 6.52. The van der Waals surface area contributed by atoms with E-state index < -0.39 is 18.5 Å². The van der Waals surface area contributed by atoms with E-state index in [0.717, 1.165) is 19.3 Å². The monoisotopic (exact) mass is 422 g/mol. The molecule has 0 aliphatic heterocycles. The summed E-state index contributed by atoms with van der Waals surface area (Å²) in [6.07, 6.45) is 0.272. The number of benzene rings is 1. The molecule has 0 amide bonds. The van der Waals surface area contributed by atoms with Gasteiger partial charge >= 0.3 is 0 Å². The number of ether oxygens (including phenoxy) is 3. The molecule has 0 radical (unpaired) electrons. The normalized spacial score (nSPS) is 24.7. The van der Waals surface area contributed by atoms with E-state index in [1.807, 2.05) is 0 Å². The summed E-state index contributed by atoms with van der Waals surface area (Å²) in [6.45, 7) is 6.48. The van der Waals surface area contributed by atoms with Crippen LogP contribution >= 0.6 is 0 Å². The van der Waals surface area contributed by atoms with E-state index in [-0.39, 0.29) is 24.0 Å². The number of methoxy groups -OCH3 is 1. The number of hydrogen-bond donors (Lipinski definition) is 2. The molecule has 7 nitrogen and oxygen atoms in total. The van der Waals surface area contributed by atoms with Crippen molar-refractivity contribution in [3.8, 4) is 11.5 Å². The Morgan fingerprint density at radius 3 is 2.50 bits per heavy atom. The van der Waals surface area contributed by atoms with Gasteiger partial charge in [-0.05, 0) is 48.8 Å². The molecule has 7 heteroatoms. The molecule has 0 heterocycles. The average molecular weight is 423 g/mol. The molecular formula is C23H34O7. The van der Waals surface area contributed by atoms with Crippen LogP contribution in [0.25, 0.3) is 0 Å². The van der Waals surface area contributed by atoms with Crippen molar-refractivity contribution in [1.82, 2.24) is 0 Å². The largest absolute Gasteiger partial charge is 0.493 e. The molecule has 1 saturated carbocycles. The quantitative estimate of drug-likeness (QED) is 0.417. The zero-order chi connectivity index (χ0) is 22.3. The van der Waals surface area contributed by atoms with Crippen LogP contribution in [0.2, 0.25) is 0 Å². The van der Waals surface area contributed by atoms with Crippen LogP contribution in [-0.2, 0) is 9.53 Å². The lowest BCUT2D eigenvalue weighted by atomic mass is 9.75. The van der Waals surface area contributed by atoms with Crippen LogP contribution in [0.3, 0.4) is 0 Å². The molecule has 0 saturated heterocycles. The number of aliphatic hydroxyl groups excluding tert-OH is 2. The maximum Gasteiger partial charge on any atom is 0.180 e. The van der Waals surface area contributed by atoms with Gasteiger partial charge in [-0.3, -0.25) is 9.59 Å². The van der Waals surface area contributed by atoms with Crippen molar-refractivity contribution in [2.24, 2.45) is 17.8 Å². The summed E-state index contributed by atoms with van der Waals surface area (Å²) >= 11 is 0. The Bertz CT molecular complexity index is 690. The van der Waals surface area contributed by atoms with Crippen molar-refractivity contribution < 1.29 is 34.0 Å². The second kappa shape index (κ2) is 11.4. The van der Waals surface area contributed by atoms with E-state index in [4.69, 9.17) is 14.2 Å². The molecule has 6 atom stereocenters. The van der Waals surface area contributed by atoms with Gasteiger partial charge < -0.3 is 24.4 Å². The summed E-state index contributed by atoms with van der Waals surface area (Å²) in [6, 6.07) is 4.49. The van der Waals surface area contributed by atoms with Crippen molar-refractivity contribution in [1.29, 1.82) is 0 Å². The predicted molar refractivity (Wildman–Crippen MR) is 112 cm³/mol. The highest BCUT2D eigenvalue weighted by Gasteiger charge is 2.34. The molecule has 2 N–H and O–H groups in total. The zero-order valence-corrected chi connectivity index (χ0v) is 18.2. The highest BCUT2D eigenvalue weighted by atomic mass is 16.6. The Hall–Kier alpha value is -1.96. The third-order valence-electron chi connectivity index (χ3n) is 5.84. The van der Waals surface area contributed by atoms with E-state index in [9.17, 15) is 19.8 Å². The van der Waals surface area contributed by atoms with Gasteiger partial charge in [0.05, 0.1) is 13.2 Å². The average Bonchev–Trinajstić information content (AvgIpc) is 2.71. The van der Waals surface area contributed by atoms with Gasteiger partial charge in [0, 0.05) is 12.0 Å². The van der Waals surface area contributed by atoms with Gasteiger partial charge in [-0.1, -0.05) is 27.2 Å². The molecule has 1 aromatic rings. The summed E-state index contributed by atoms with van der Waals surface area (Å²) < 4.78 is 16.7. The minimum Gasteiger partial charge on any atom is -0.493 e. The molecule has 0 aromatic heterocycles. The van der Waals surface area contributed by atoms with Crippen molar-refractivity contribution in [3.05, 3.63) is 23.8 Å². The van der Waals surface area contributed by atoms with Crippen LogP contribution < -0.4 is 9.47 Å². The first kappa shape index (κ1) is 24.3. The second-order valence-corrected chi connectivity index (χ2v) is 8.51. The first-order valence-corrected chi connectivity index (χ1v) is 10.6. The van der Waals surface area contributed by atoms with Crippen LogP contribution in [0.15, 0.2) is 18.2 Å². The Morgan fingerprint density at radius 1 is 1.17 bits per heavy atom. The first-order chi connectivity index (χ1) is 14.3. The van der Waals surface area contributed by atoms with Gasteiger partial charge in [-0.15, -0.1) is 0 Å². The number of carbonyl (C=O) groups is 2. The summed E-state index contributed by atoms with van der Waals surface area (Å²) in [7, 11) is 1.41. The number of hydrogen-bond acceptors (Lipinski definition) is 7. The van der Waals surface area contributed by atoms with Gasteiger partial charge in [0.1, 0.15) is 12.4 Å². The summed E-state index contributed by atoms with van der Waals surface area (Å²) in [4.78, 5) is 22.4. The third-order valence-corrected chi connectivity index (χ3v) is 5.84. The van der Waals surface area contributed by atoms with Crippen LogP contribution in [0.1, 0.15) is 56.8 Å². The lowest BCUT2D eigenvalue weighted by molar-refractivity contribution is -0.184. The maximum absolute atomic E-state index is 11.5. The number of aldehydes is 2. The van der Waals surface area contributed by atoms with Crippen LogP contribution in [0, 0.1) is 17.8 Å². The highest BCUT2D eigenvalue weighted by molar-refractivity contribution is 5.76. The second-order valence-electron chi connectivity index (χ2n) is 8.51. The van der Waals surface area contributed by atoms with Gasteiger partial charge in [0.25, 0.3) is 0 Å². The summed E-state index contributed by atoms with van der Waals surface area (Å²) in [5.41, 5.74) is 0.396. The fourth-order valence-corrected chi connectivity index (χ4v) is 4.07. The Morgan fingerprint density at radius 2 is 1.90 bits per heavy atom. The molecule has 1 aliphatic carbocycles. The van der Waals surface area contributed by atoms with E-state index in [1.165, 1.54) is 25.3 Å². The Labute approximate surface area is 178 Å². The Kier molecular flexibility index (Phi) is 9.27. The summed E-state index contributed by atoms with van der Waals surface area (Å²) in [5.74, 6) is 1.80. The molecule has 6 unspecified atom stereocenters. The van der Waals surface area contributed by atoms with Crippen LogP contribution in [0.5, 0.6) is 11.5 Å². The van der Waals surface area contributed by atoms with Crippen LogP contribution in [-0.4, -0.2) is 54.5 Å². The molecule has 0 spiro atoms. The highest BCUT2D eigenvalue weighted by Crippen LogP contribution is 2.36. The Balaban J connectivity index is 1.99. The predicted octanol–water partition coefficient (Wildman–Crippen LogP) is 3.00. The fourth-order valence-electron chi connectivity index (χ4n) is 4.07. The van der Waals surface area contributed by atoms with Crippen LogP contribution in [0.4, 0.5) is 0 Å². The molecule has 2 rings (SSSR count). The van der Waals surface area contributed by atoms with Gasteiger partial charge in [0.2, 0.25) is 0 Å². The topological polar surface area (TPSA) is 102 Å². The molecule has 168 valence electrons. The van der Waals surface area contributed by atoms with Crippen molar-refractivity contribution in [2.75, 3.05) is 7.11 Å². The molecule has 1 aromatic carbocycles. The van der Waals surface area contributed by atoms with Gasteiger partial charge in [0.15, 0.2) is 30.2 Å². The minimum atomic E-state index is -1.27. The first-order valence-electron chi connectivity index (χ1n) is 10.6. The number of rotatable bonds is 11. The number of aliphatic hydroxyl groups is 2. The standard InChI is InChI=1S/C23H34O7/c1-14(2)17-7-5-15(3)9-20(17)30-23(27)11-18(26)22(13-25)29-19-8-6-16(12-24)10-21(19)28-4/h6,8,10,12-15,17-18,20,22-23,26-27H,5,7,9,11H2,1-4H3. The van der Waals surface area contributed by atoms with Gasteiger partial charge in [-0.25, -0.2) is 0 Å². The van der Waals surface area contributed by atoms with Crippen molar-refractivity contribution in [3.63, 3.8) is 0 Å². The minimum absolute atomic E-state index is 0.0810. The molecule has 1 aliphatic rings. The zero-order valence-electron chi connectivity index (χ0n) is 18.2. The van der Waals surface area contributed by atoms with E-state index in [1.54, 1.807) is 0 Å². The van der Waals surface area contributed by atoms with E-state index >= 15 is 0 Å². The SMILES string of the molecule is COc1cc(C=O)ccc1OC(C=O)C(O)CC(O)OC1CC(C)CCC1C(C)C. The van der Waals surface area contributed by atoms with Crippen molar-refractivity contribution in [2.45, 2.75) is 71.1 Å². The smallest absolute Gasteiger partial charge is 0.180 e. The molecule has 0 bridgehead atoms. The molecule has 1 fully saturated rings. The maximum atomic E-state index is 11.5. The molecular weight excluding hydrogens is 388 g/mol. The van der Waals surface area contributed by atoms with E-state index in [2.05, 4.69) is 20.8 Å². The number of carbonyl (C=O) groups excluding carboxylic acids is 2. The lowest BCUT2D eigenvalue weighted by Gasteiger charge is -2.38. The fraction of sp³-hybridized carbons (Fsp3) is 0.652.